The van der Waals surface area contributed by atoms with Crippen molar-refractivity contribution in [1.82, 2.24) is 0 Å². The number of halogens is 1. The van der Waals surface area contributed by atoms with E-state index >= 15 is 0 Å². The fraction of sp³-hybridized carbons (Fsp3) is 0.417. The number of hydrogen-bond acceptors (Lipinski definition) is 2. The van der Waals surface area contributed by atoms with E-state index in [1.807, 2.05) is 25.1 Å². The summed E-state index contributed by atoms with van der Waals surface area (Å²) in [6.45, 7) is 3.99. The predicted octanol–water partition coefficient (Wildman–Crippen LogP) is 2.45. The summed E-state index contributed by atoms with van der Waals surface area (Å²) in [5, 5.41) is 9.36. The minimum absolute atomic E-state index is 0.356. The molecule has 0 radical (unpaired) electrons. The van der Waals surface area contributed by atoms with Gasteiger partial charge in [0.1, 0.15) is 0 Å². The van der Waals surface area contributed by atoms with Gasteiger partial charge in [-0.15, -0.1) is 0 Å². The summed E-state index contributed by atoms with van der Waals surface area (Å²) in [6.07, 6.45) is 0.430. The van der Waals surface area contributed by atoms with Crippen molar-refractivity contribution in [3.63, 3.8) is 0 Å². The minimum atomic E-state index is -0.914. The van der Waals surface area contributed by atoms with Crippen LogP contribution in [0.4, 0.5) is 0 Å². The van der Waals surface area contributed by atoms with Gasteiger partial charge in [-0.05, 0) is 50.1 Å². The molecule has 1 atom stereocenters. The van der Waals surface area contributed by atoms with E-state index in [0.29, 0.717) is 13.0 Å². The third-order valence-electron chi connectivity index (χ3n) is 2.91. The standard InChI is InChI=1S/C12H16BrNO2/c1-8-3-4-9(13)7-10(8)12(2,5-6-14)11(15)16/h3-4,7H,5-6,14H2,1-2H3,(H,15,16). The number of benzene rings is 1. The van der Waals surface area contributed by atoms with E-state index in [1.54, 1.807) is 6.92 Å². The number of nitrogens with two attached hydrogens (primary N) is 1. The summed E-state index contributed by atoms with van der Waals surface area (Å²) in [6, 6.07) is 5.68. The highest BCUT2D eigenvalue weighted by Crippen LogP contribution is 2.32. The van der Waals surface area contributed by atoms with Crippen LogP contribution in [0.15, 0.2) is 22.7 Å². The molecule has 0 heterocycles. The Hall–Kier alpha value is -0.870. The largest absolute Gasteiger partial charge is 0.481 e. The van der Waals surface area contributed by atoms with Crippen LogP contribution in [0.25, 0.3) is 0 Å². The van der Waals surface area contributed by atoms with Crippen LogP contribution in [-0.2, 0) is 10.2 Å². The van der Waals surface area contributed by atoms with Crippen molar-refractivity contribution in [3.8, 4) is 0 Å². The maximum atomic E-state index is 11.4. The number of rotatable bonds is 4. The first-order valence-electron chi connectivity index (χ1n) is 5.12. The molecule has 0 saturated heterocycles. The molecule has 0 spiro atoms. The average Bonchev–Trinajstić information content (AvgIpc) is 2.21. The Morgan fingerprint density at radius 1 is 1.56 bits per heavy atom. The van der Waals surface area contributed by atoms with Crippen molar-refractivity contribution < 1.29 is 9.90 Å². The van der Waals surface area contributed by atoms with Gasteiger partial charge in [-0.3, -0.25) is 4.79 Å². The van der Waals surface area contributed by atoms with Crippen LogP contribution < -0.4 is 5.73 Å². The van der Waals surface area contributed by atoms with Crippen molar-refractivity contribution in [2.75, 3.05) is 6.54 Å². The number of aryl methyl sites for hydroxylation is 1. The number of hydrogen-bond donors (Lipinski definition) is 2. The van der Waals surface area contributed by atoms with Gasteiger partial charge in [0.2, 0.25) is 0 Å². The zero-order valence-corrected chi connectivity index (χ0v) is 11.0. The van der Waals surface area contributed by atoms with Gasteiger partial charge in [0.15, 0.2) is 0 Å². The van der Waals surface area contributed by atoms with Crippen molar-refractivity contribution >= 4 is 21.9 Å². The Balaban J connectivity index is 3.31. The van der Waals surface area contributed by atoms with Crippen molar-refractivity contribution in [2.45, 2.75) is 25.7 Å². The lowest BCUT2D eigenvalue weighted by molar-refractivity contribution is -0.143. The molecule has 0 bridgehead atoms. The lowest BCUT2D eigenvalue weighted by atomic mass is 9.77. The van der Waals surface area contributed by atoms with Crippen LogP contribution in [0.5, 0.6) is 0 Å². The molecule has 0 saturated carbocycles. The van der Waals surface area contributed by atoms with Crippen LogP contribution in [-0.4, -0.2) is 17.6 Å². The van der Waals surface area contributed by atoms with Gasteiger partial charge >= 0.3 is 5.97 Å². The molecule has 0 amide bonds. The zero-order chi connectivity index (χ0) is 12.3. The second-order valence-electron chi connectivity index (χ2n) is 4.14. The van der Waals surface area contributed by atoms with E-state index < -0.39 is 11.4 Å². The number of carboxylic acid groups (broad SMARTS) is 1. The van der Waals surface area contributed by atoms with E-state index in [0.717, 1.165) is 15.6 Å². The predicted molar refractivity (Wildman–Crippen MR) is 67.5 cm³/mol. The maximum absolute atomic E-state index is 11.4. The Kier molecular flexibility index (Phi) is 4.10. The van der Waals surface area contributed by atoms with Crippen LogP contribution in [0.3, 0.4) is 0 Å². The molecule has 1 aromatic carbocycles. The highest BCUT2D eigenvalue weighted by atomic mass is 79.9. The van der Waals surface area contributed by atoms with Crippen molar-refractivity contribution in [3.05, 3.63) is 33.8 Å². The smallest absolute Gasteiger partial charge is 0.313 e. The molecule has 1 aromatic rings. The molecule has 88 valence electrons. The maximum Gasteiger partial charge on any atom is 0.313 e. The molecule has 1 rings (SSSR count). The van der Waals surface area contributed by atoms with Gasteiger partial charge in [-0.2, -0.15) is 0 Å². The summed E-state index contributed by atoms with van der Waals surface area (Å²) < 4.78 is 0.887. The molecule has 3 N–H and O–H groups in total. The summed E-state index contributed by atoms with van der Waals surface area (Å²) in [7, 11) is 0. The van der Waals surface area contributed by atoms with E-state index in [4.69, 9.17) is 5.73 Å². The Labute approximate surface area is 104 Å². The average molecular weight is 286 g/mol. The highest BCUT2D eigenvalue weighted by Gasteiger charge is 2.35. The highest BCUT2D eigenvalue weighted by molar-refractivity contribution is 9.10. The molecule has 0 aliphatic carbocycles. The lowest BCUT2D eigenvalue weighted by Crippen LogP contribution is -2.35. The molecule has 1 unspecified atom stereocenters. The van der Waals surface area contributed by atoms with Crippen LogP contribution in [0.2, 0.25) is 0 Å². The van der Waals surface area contributed by atoms with Crippen LogP contribution >= 0.6 is 15.9 Å². The second-order valence-corrected chi connectivity index (χ2v) is 5.05. The molecule has 0 aliphatic heterocycles. The van der Waals surface area contributed by atoms with Gasteiger partial charge in [-0.25, -0.2) is 0 Å². The van der Waals surface area contributed by atoms with E-state index in [-0.39, 0.29) is 0 Å². The number of aliphatic carboxylic acids is 1. The number of carbonyl (C=O) groups is 1. The summed E-state index contributed by atoms with van der Waals surface area (Å²) in [5.74, 6) is -0.834. The third-order valence-corrected chi connectivity index (χ3v) is 3.40. The monoisotopic (exact) mass is 285 g/mol. The fourth-order valence-corrected chi connectivity index (χ4v) is 2.20. The molecular weight excluding hydrogens is 270 g/mol. The molecule has 3 nitrogen and oxygen atoms in total. The van der Waals surface area contributed by atoms with Crippen molar-refractivity contribution in [1.29, 1.82) is 0 Å². The quantitative estimate of drug-likeness (QED) is 0.893. The Bertz CT molecular complexity index is 406. The van der Waals surface area contributed by atoms with Crippen molar-refractivity contribution in [2.24, 2.45) is 5.73 Å². The molecule has 0 aliphatic rings. The Morgan fingerprint density at radius 2 is 2.19 bits per heavy atom. The molecular formula is C12H16BrNO2. The zero-order valence-electron chi connectivity index (χ0n) is 9.46. The lowest BCUT2D eigenvalue weighted by Gasteiger charge is -2.26. The SMILES string of the molecule is Cc1ccc(Br)cc1C(C)(CCN)C(=O)O. The minimum Gasteiger partial charge on any atom is -0.481 e. The first kappa shape index (κ1) is 13.2. The molecule has 0 aromatic heterocycles. The third kappa shape index (κ3) is 2.44. The van der Waals surface area contributed by atoms with Gasteiger partial charge in [0.25, 0.3) is 0 Å². The normalized spacial score (nSPS) is 14.5. The summed E-state index contributed by atoms with van der Waals surface area (Å²) in [4.78, 5) is 11.4. The van der Waals surface area contributed by atoms with Gasteiger partial charge in [0.05, 0.1) is 5.41 Å². The molecule has 0 fully saturated rings. The van der Waals surface area contributed by atoms with Gasteiger partial charge < -0.3 is 10.8 Å². The molecule has 4 heteroatoms. The topological polar surface area (TPSA) is 63.3 Å². The van der Waals surface area contributed by atoms with Gasteiger partial charge in [0, 0.05) is 4.47 Å². The second kappa shape index (κ2) is 4.97. The fourth-order valence-electron chi connectivity index (χ4n) is 1.83. The van der Waals surface area contributed by atoms with E-state index in [1.165, 1.54) is 0 Å². The first-order valence-corrected chi connectivity index (χ1v) is 5.91. The van der Waals surface area contributed by atoms with E-state index in [2.05, 4.69) is 15.9 Å². The summed E-state index contributed by atoms with van der Waals surface area (Å²) >= 11 is 3.36. The van der Waals surface area contributed by atoms with E-state index in [9.17, 15) is 9.90 Å². The molecule has 16 heavy (non-hydrogen) atoms. The Morgan fingerprint density at radius 3 is 2.69 bits per heavy atom. The first-order chi connectivity index (χ1) is 7.41. The van der Waals surface area contributed by atoms with Crippen LogP contribution in [0, 0.1) is 6.92 Å². The van der Waals surface area contributed by atoms with Crippen LogP contribution in [0.1, 0.15) is 24.5 Å². The summed E-state index contributed by atoms with van der Waals surface area (Å²) in [5.41, 5.74) is 6.38. The number of carboxylic acids is 1. The van der Waals surface area contributed by atoms with Gasteiger partial charge in [-0.1, -0.05) is 22.0 Å².